The lowest BCUT2D eigenvalue weighted by Crippen LogP contribution is -1.90. The molecule has 1 aromatic heterocycles. The molecule has 0 aliphatic rings. The van der Waals surface area contributed by atoms with Gasteiger partial charge in [-0.1, -0.05) is 17.7 Å². The van der Waals surface area contributed by atoms with Crippen molar-refractivity contribution >= 4 is 0 Å². The monoisotopic (exact) mass is 232 g/mol. The SMILES string of the molecule is C\C=C(C)/C=C\C(=C/C)OCc1cnn(C)c1. The highest BCUT2D eigenvalue weighted by Gasteiger charge is 1.97. The first-order valence-electron chi connectivity index (χ1n) is 5.73. The van der Waals surface area contributed by atoms with Gasteiger partial charge in [-0.2, -0.15) is 5.10 Å². The molecule has 0 spiro atoms. The first-order valence-corrected chi connectivity index (χ1v) is 5.73. The maximum atomic E-state index is 5.68. The largest absolute Gasteiger partial charge is 0.489 e. The summed E-state index contributed by atoms with van der Waals surface area (Å²) in [4.78, 5) is 0. The van der Waals surface area contributed by atoms with Gasteiger partial charge in [0.15, 0.2) is 0 Å². The molecule has 0 fully saturated rings. The van der Waals surface area contributed by atoms with Crippen LogP contribution in [-0.4, -0.2) is 9.78 Å². The van der Waals surface area contributed by atoms with E-state index in [-0.39, 0.29) is 0 Å². The highest BCUT2D eigenvalue weighted by molar-refractivity contribution is 5.23. The van der Waals surface area contributed by atoms with Crippen LogP contribution in [-0.2, 0) is 18.4 Å². The average molecular weight is 232 g/mol. The fourth-order valence-electron chi connectivity index (χ4n) is 1.25. The molecule has 0 radical (unpaired) electrons. The fourth-order valence-corrected chi connectivity index (χ4v) is 1.25. The molecule has 3 heteroatoms. The van der Waals surface area contributed by atoms with Gasteiger partial charge in [-0.15, -0.1) is 0 Å². The lowest BCUT2D eigenvalue weighted by Gasteiger charge is -2.04. The van der Waals surface area contributed by atoms with E-state index in [0.717, 1.165) is 11.3 Å². The molecule has 17 heavy (non-hydrogen) atoms. The second-order valence-electron chi connectivity index (χ2n) is 3.87. The van der Waals surface area contributed by atoms with Crippen LogP contribution in [0.15, 0.2) is 48.0 Å². The maximum Gasteiger partial charge on any atom is 0.116 e. The molecule has 0 aliphatic heterocycles. The van der Waals surface area contributed by atoms with Gasteiger partial charge in [0, 0.05) is 18.8 Å². The Kier molecular flexibility index (Phi) is 5.27. The first kappa shape index (κ1) is 13.3. The van der Waals surface area contributed by atoms with Gasteiger partial charge in [0.05, 0.1) is 6.20 Å². The normalized spacial score (nSPS) is 13.4. The summed E-state index contributed by atoms with van der Waals surface area (Å²) in [7, 11) is 1.90. The second kappa shape index (κ2) is 6.74. The summed E-state index contributed by atoms with van der Waals surface area (Å²) in [6.45, 7) is 6.59. The van der Waals surface area contributed by atoms with Crippen LogP contribution in [0.5, 0.6) is 0 Å². The topological polar surface area (TPSA) is 27.1 Å². The van der Waals surface area contributed by atoms with E-state index < -0.39 is 0 Å². The standard InChI is InChI=1S/C14H20N2O/c1-5-12(3)7-8-14(6-2)17-11-13-9-15-16(4)10-13/h5-10H,11H2,1-4H3/b8-7-,12-5-,14-6+. The van der Waals surface area contributed by atoms with Gasteiger partial charge in [-0.3, -0.25) is 4.68 Å². The van der Waals surface area contributed by atoms with Crippen molar-refractivity contribution in [3.05, 3.63) is 53.6 Å². The molecule has 0 amide bonds. The molecule has 0 N–H and O–H groups in total. The van der Waals surface area contributed by atoms with Crippen LogP contribution >= 0.6 is 0 Å². The Balaban J connectivity index is 2.51. The molecule has 1 aromatic rings. The molecule has 0 aliphatic carbocycles. The summed E-state index contributed by atoms with van der Waals surface area (Å²) in [5.74, 6) is 0.870. The molecule has 92 valence electrons. The summed E-state index contributed by atoms with van der Waals surface area (Å²) < 4.78 is 7.45. The second-order valence-corrected chi connectivity index (χ2v) is 3.87. The molecular weight excluding hydrogens is 212 g/mol. The first-order chi connectivity index (χ1) is 8.15. The van der Waals surface area contributed by atoms with E-state index in [9.17, 15) is 0 Å². The van der Waals surface area contributed by atoms with Crippen LogP contribution in [0.4, 0.5) is 0 Å². The highest BCUT2D eigenvalue weighted by atomic mass is 16.5. The number of allylic oxidation sites excluding steroid dienone is 5. The molecule has 0 saturated carbocycles. The number of aryl methyl sites for hydroxylation is 1. The lowest BCUT2D eigenvalue weighted by atomic mass is 10.2. The average Bonchev–Trinajstić information content (AvgIpc) is 2.75. The van der Waals surface area contributed by atoms with E-state index in [4.69, 9.17) is 4.74 Å². The van der Waals surface area contributed by atoms with Crippen LogP contribution in [0.1, 0.15) is 26.3 Å². The predicted octanol–water partition coefficient (Wildman–Crippen LogP) is 3.36. The minimum absolute atomic E-state index is 0.548. The van der Waals surface area contributed by atoms with Gasteiger partial charge in [0.2, 0.25) is 0 Å². The van der Waals surface area contributed by atoms with Crippen molar-refractivity contribution in [1.82, 2.24) is 9.78 Å². The van der Waals surface area contributed by atoms with Crippen molar-refractivity contribution in [2.45, 2.75) is 27.4 Å². The Morgan fingerprint density at radius 2 is 2.12 bits per heavy atom. The van der Waals surface area contributed by atoms with Crippen LogP contribution in [0.3, 0.4) is 0 Å². The van der Waals surface area contributed by atoms with Crippen molar-refractivity contribution in [2.75, 3.05) is 0 Å². The van der Waals surface area contributed by atoms with E-state index >= 15 is 0 Å². The zero-order valence-electron chi connectivity index (χ0n) is 11.0. The number of hydrogen-bond donors (Lipinski definition) is 0. The smallest absolute Gasteiger partial charge is 0.116 e. The molecule has 0 unspecified atom stereocenters. The number of aromatic nitrogens is 2. The van der Waals surface area contributed by atoms with Gasteiger partial charge in [0.1, 0.15) is 12.4 Å². The molecule has 0 bridgehead atoms. The van der Waals surface area contributed by atoms with Crippen LogP contribution < -0.4 is 0 Å². The van der Waals surface area contributed by atoms with Gasteiger partial charge in [-0.25, -0.2) is 0 Å². The summed E-state index contributed by atoms with van der Waals surface area (Å²) in [5.41, 5.74) is 2.29. The Labute approximate surface area is 103 Å². The van der Waals surface area contributed by atoms with Crippen LogP contribution in [0.2, 0.25) is 0 Å². The number of rotatable bonds is 5. The third kappa shape index (κ3) is 4.72. The van der Waals surface area contributed by atoms with E-state index in [0.29, 0.717) is 6.61 Å². The Morgan fingerprint density at radius 1 is 1.35 bits per heavy atom. The highest BCUT2D eigenvalue weighted by Crippen LogP contribution is 2.07. The van der Waals surface area contributed by atoms with Crippen molar-refractivity contribution in [3.63, 3.8) is 0 Å². The lowest BCUT2D eigenvalue weighted by molar-refractivity contribution is 0.210. The molecule has 1 heterocycles. The van der Waals surface area contributed by atoms with Crippen molar-refractivity contribution in [1.29, 1.82) is 0 Å². The third-order valence-corrected chi connectivity index (χ3v) is 2.41. The molecule has 3 nitrogen and oxygen atoms in total. The molecule has 0 saturated heterocycles. The molecule has 0 aromatic carbocycles. The van der Waals surface area contributed by atoms with E-state index in [1.807, 2.05) is 51.5 Å². The minimum Gasteiger partial charge on any atom is -0.489 e. The van der Waals surface area contributed by atoms with Gasteiger partial charge in [0.25, 0.3) is 0 Å². The third-order valence-electron chi connectivity index (χ3n) is 2.41. The summed E-state index contributed by atoms with van der Waals surface area (Å²) in [6.07, 6.45) is 11.8. The van der Waals surface area contributed by atoms with E-state index in [2.05, 4.69) is 18.1 Å². The Hall–Kier alpha value is -1.77. The van der Waals surface area contributed by atoms with Crippen LogP contribution in [0, 0.1) is 0 Å². The van der Waals surface area contributed by atoms with Crippen molar-refractivity contribution in [3.8, 4) is 0 Å². The quantitative estimate of drug-likeness (QED) is 0.575. The number of hydrogen-bond acceptors (Lipinski definition) is 2. The van der Waals surface area contributed by atoms with E-state index in [1.165, 1.54) is 5.57 Å². The zero-order chi connectivity index (χ0) is 12.7. The molecule has 1 rings (SSSR count). The number of ether oxygens (including phenoxy) is 1. The van der Waals surface area contributed by atoms with Crippen molar-refractivity contribution < 1.29 is 4.74 Å². The van der Waals surface area contributed by atoms with E-state index in [1.54, 1.807) is 4.68 Å². The van der Waals surface area contributed by atoms with Gasteiger partial charge < -0.3 is 4.74 Å². The molecule has 0 atom stereocenters. The van der Waals surface area contributed by atoms with Gasteiger partial charge in [-0.05, 0) is 32.9 Å². The predicted molar refractivity (Wildman–Crippen MR) is 70.3 cm³/mol. The number of nitrogens with zero attached hydrogens (tertiary/aromatic N) is 2. The Bertz CT molecular complexity index is 439. The van der Waals surface area contributed by atoms with Gasteiger partial charge >= 0.3 is 0 Å². The Morgan fingerprint density at radius 3 is 2.65 bits per heavy atom. The summed E-state index contributed by atoms with van der Waals surface area (Å²) in [6, 6.07) is 0. The summed E-state index contributed by atoms with van der Waals surface area (Å²) >= 11 is 0. The fraction of sp³-hybridized carbons (Fsp3) is 0.357. The molecular formula is C14H20N2O. The zero-order valence-corrected chi connectivity index (χ0v) is 11.0. The summed E-state index contributed by atoms with van der Waals surface area (Å²) in [5, 5.41) is 4.10. The minimum atomic E-state index is 0.548. The maximum absolute atomic E-state index is 5.68. The van der Waals surface area contributed by atoms with Crippen molar-refractivity contribution in [2.24, 2.45) is 7.05 Å². The van der Waals surface area contributed by atoms with Crippen LogP contribution in [0.25, 0.3) is 0 Å².